The zero-order valence-corrected chi connectivity index (χ0v) is 7.13. The topological polar surface area (TPSA) is 48.0 Å². The third-order valence-electron chi connectivity index (χ3n) is 2.53. The molecule has 1 aromatic heterocycles. The molecule has 1 aromatic rings. The summed E-state index contributed by atoms with van der Waals surface area (Å²) in [5.74, 6) is 0. The fraction of sp³-hybridized carbons (Fsp3) is 0.444. The highest BCUT2D eigenvalue weighted by Crippen LogP contribution is 2.19. The van der Waals surface area contributed by atoms with Gasteiger partial charge in [-0.3, -0.25) is 4.79 Å². The van der Waals surface area contributed by atoms with Gasteiger partial charge >= 0.3 is 0 Å². The number of hydrogen-bond acceptors (Lipinski definition) is 2. The van der Waals surface area contributed by atoms with Gasteiger partial charge in [-0.1, -0.05) is 0 Å². The molecule has 1 aliphatic heterocycles. The molecule has 2 N–H and O–H groups in total. The zero-order valence-electron chi connectivity index (χ0n) is 7.13. The quantitative estimate of drug-likeness (QED) is 0.613. The highest BCUT2D eigenvalue weighted by atomic mass is 16.1. The van der Waals surface area contributed by atoms with E-state index in [1.54, 1.807) is 0 Å². The maximum Gasteiger partial charge on any atom is 0.252 e. The second-order valence-electron chi connectivity index (χ2n) is 3.26. The summed E-state index contributed by atoms with van der Waals surface area (Å²) in [5.41, 5.74) is 8.56. The van der Waals surface area contributed by atoms with E-state index in [-0.39, 0.29) is 5.56 Å². The monoisotopic (exact) mass is 164 g/mol. The van der Waals surface area contributed by atoms with Gasteiger partial charge in [0.05, 0.1) is 0 Å². The first-order chi connectivity index (χ1) is 5.70. The first-order valence-corrected chi connectivity index (χ1v) is 4.19. The fourth-order valence-electron chi connectivity index (χ4n) is 1.79. The smallest absolute Gasteiger partial charge is 0.252 e. The van der Waals surface area contributed by atoms with Gasteiger partial charge in [-0.15, -0.1) is 0 Å². The summed E-state index contributed by atoms with van der Waals surface area (Å²) in [6.07, 6.45) is 2.06. The molecule has 0 bridgehead atoms. The van der Waals surface area contributed by atoms with Crippen molar-refractivity contribution in [3.63, 3.8) is 0 Å². The average Bonchev–Trinajstić information content (AvgIpc) is 2.48. The number of aromatic nitrogens is 1. The van der Waals surface area contributed by atoms with E-state index >= 15 is 0 Å². The van der Waals surface area contributed by atoms with Crippen molar-refractivity contribution in [1.29, 1.82) is 0 Å². The first-order valence-electron chi connectivity index (χ1n) is 4.19. The van der Waals surface area contributed by atoms with Gasteiger partial charge in [-0.25, -0.2) is 0 Å². The molecule has 12 heavy (non-hydrogen) atoms. The summed E-state index contributed by atoms with van der Waals surface area (Å²) in [5, 5.41) is 0. The molecule has 0 spiro atoms. The minimum Gasteiger partial charge on any atom is -0.398 e. The number of nitrogen functional groups attached to an aromatic ring is 1. The van der Waals surface area contributed by atoms with E-state index in [4.69, 9.17) is 5.73 Å². The second kappa shape index (κ2) is 2.37. The molecule has 64 valence electrons. The van der Waals surface area contributed by atoms with Crippen molar-refractivity contribution in [1.82, 2.24) is 4.57 Å². The highest BCUT2D eigenvalue weighted by Gasteiger charge is 2.15. The van der Waals surface area contributed by atoms with Crippen LogP contribution in [0.25, 0.3) is 0 Å². The molecule has 0 saturated carbocycles. The van der Waals surface area contributed by atoms with Crippen LogP contribution in [0.2, 0.25) is 0 Å². The largest absolute Gasteiger partial charge is 0.398 e. The summed E-state index contributed by atoms with van der Waals surface area (Å²) < 4.78 is 1.83. The van der Waals surface area contributed by atoms with E-state index in [0.29, 0.717) is 5.69 Å². The number of nitrogens with two attached hydrogens (primary N) is 1. The van der Waals surface area contributed by atoms with Crippen LogP contribution in [0.4, 0.5) is 5.69 Å². The fourth-order valence-corrected chi connectivity index (χ4v) is 1.79. The summed E-state index contributed by atoms with van der Waals surface area (Å²) >= 11 is 0. The lowest BCUT2D eigenvalue weighted by atomic mass is 10.1. The summed E-state index contributed by atoms with van der Waals surface area (Å²) in [7, 11) is 0. The van der Waals surface area contributed by atoms with Gasteiger partial charge in [0, 0.05) is 24.0 Å². The third-order valence-corrected chi connectivity index (χ3v) is 2.53. The lowest BCUT2D eigenvalue weighted by molar-refractivity contribution is 0.720. The molecule has 3 nitrogen and oxygen atoms in total. The van der Waals surface area contributed by atoms with Gasteiger partial charge in [-0.05, 0) is 25.3 Å². The van der Waals surface area contributed by atoms with Gasteiger partial charge in [0.2, 0.25) is 0 Å². The van der Waals surface area contributed by atoms with E-state index in [0.717, 1.165) is 30.6 Å². The van der Waals surface area contributed by atoms with E-state index < -0.39 is 0 Å². The van der Waals surface area contributed by atoms with Crippen LogP contribution in [0.5, 0.6) is 0 Å². The van der Waals surface area contributed by atoms with Crippen molar-refractivity contribution < 1.29 is 0 Å². The van der Waals surface area contributed by atoms with E-state index in [1.165, 1.54) is 6.07 Å². The Balaban J connectivity index is 2.78. The van der Waals surface area contributed by atoms with Crippen LogP contribution in [-0.2, 0) is 13.0 Å². The van der Waals surface area contributed by atoms with Crippen LogP contribution in [0.15, 0.2) is 10.9 Å². The molecule has 2 heterocycles. The van der Waals surface area contributed by atoms with Crippen LogP contribution < -0.4 is 11.3 Å². The minimum absolute atomic E-state index is 0.0469. The van der Waals surface area contributed by atoms with Gasteiger partial charge in [-0.2, -0.15) is 0 Å². The predicted octanol–water partition coefficient (Wildman–Crippen LogP) is 0.685. The molecule has 0 aromatic carbocycles. The Kier molecular flexibility index (Phi) is 1.46. The number of anilines is 1. The Morgan fingerprint density at radius 1 is 1.58 bits per heavy atom. The van der Waals surface area contributed by atoms with Crippen molar-refractivity contribution in [3.05, 3.63) is 27.7 Å². The van der Waals surface area contributed by atoms with Crippen LogP contribution in [0.1, 0.15) is 17.7 Å². The van der Waals surface area contributed by atoms with Gasteiger partial charge < -0.3 is 10.3 Å². The van der Waals surface area contributed by atoms with Crippen LogP contribution >= 0.6 is 0 Å². The van der Waals surface area contributed by atoms with Crippen molar-refractivity contribution in [3.8, 4) is 0 Å². The van der Waals surface area contributed by atoms with Gasteiger partial charge in [0.1, 0.15) is 0 Å². The minimum atomic E-state index is 0.0469. The number of fused-ring (bicyclic) bond motifs is 1. The molecule has 0 atom stereocenters. The van der Waals surface area contributed by atoms with Gasteiger partial charge in [0.25, 0.3) is 5.56 Å². The highest BCUT2D eigenvalue weighted by molar-refractivity contribution is 5.48. The Labute approximate surface area is 70.8 Å². The molecular weight excluding hydrogens is 152 g/mol. The molecule has 3 heteroatoms. The number of hydrogen-bond donors (Lipinski definition) is 1. The lowest BCUT2D eigenvalue weighted by Gasteiger charge is -2.07. The molecule has 0 radical (unpaired) electrons. The number of nitrogens with zero attached hydrogens (tertiary/aromatic N) is 1. The molecule has 0 fully saturated rings. The van der Waals surface area contributed by atoms with Crippen LogP contribution in [-0.4, -0.2) is 4.57 Å². The summed E-state index contributed by atoms with van der Waals surface area (Å²) in [6.45, 7) is 2.83. The summed E-state index contributed by atoms with van der Waals surface area (Å²) in [6, 6.07) is 1.52. The van der Waals surface area contributed by atoms with Crippen LogP contribution in [0, 0.1) is 6.92 Å². The van der Waals surface area contributed by atoms with Gasteiger partial charge in [0.15, 0.2) is 0 Å². The van der Waals surface area contributed by atoms with Crippen molar-refractivity contribution in [2.45, 2.75) is 26.3 Å². The third kappa shape index (κ3) is 0.858. The molecule has 0 saturated heterocycles. The standard InChI is InChI=1S/C9H12N2O/c1-6-7(10)5-9(12)11-4-2-3-8(6)11/h5H,2-4,10H2,1H3. The Morgan fingerprint density at radius 2 is 2.33 bits per heavy atom. The Morgan fingerprint density at radius 3 is 3.08 bits per heavy atom. The zero-order chi connectivity index (χ0) is 8.72. The number of rotatable bonds is 0. The molecular formula is C9H12N2O. The maximum atomic E-state index is 11.4. The van der Waals surface area contributed by atoms with E-state index in [1.807, 2.05) is 11.5 Å². The predicted molar refractivity (Wildman–Crippen MR) is 48.2 cm³/mol. The molecule has 2 rings (SSSR count). The summed E-state index contributed by atoms with van der Waals surface area (Å²) in [4.78, 5) is 11.4. The SMILES string of the molecule is Cc1c(N)cc(=O)n2c1CCC2. The molecule has 0 amide bonds. The Bertz CT molecular complexity index is 379. The second-order valence-corrected chi connectivity index (χ2v) is 3.26. The molecule has 0 aliphatic carbocycles. The lowest BCUT2D eigenvalue weighted by Crippen LogP contribution is -2.20. The van der Waals surface area contributed by atoms with Crippen molar-refractivity contribution >= 4 is 5.69 Å². The van der Waals surface area contributed by atoms with Crippen molar-refractivity contribution in [2.75, 3.05) is 5.73 Å². The first kappa shape index (κ1) is 7.40. The molecule has 0 unspecified atom stereocenters. The Hall–Kier alpha value is -1.25. The van der Waals surface area contributed by atoms with E-state index in [9.17, 15) is 4.79 Å². The van der Waals surface area contributed by atoms with E-state index in [2.05, 4.69) is 0 Å². The maximum absolute atomic E-state index is 11.4. The molecule has 1 aliphatic rings. The van der Waals surface area contributed by atoms with Crippen molar-refractivity contribution in [2.24, 2.45) is 0 Å². The van der Waals surface area contributed by atoms with Crippen LogP contribution in [0.3, 0.4) is 0 Å². The average molecular weight is 164 g/mol. The normalized spacial score (nSPS) is 14.8. The number of pyridine rings is 1.